The highest BCUT2D eigenvalue weighted by Gasteiger charge is 2.25. The van der Waals surface area contributed by atoms with E-state index in [1.54, 1.807) is 0 Å². The molecule has 0 bridgehead atoms. The zero-order chi connectivity index (χ0) is 13.0. The van der Waals surface area contributed by atoms with Crippen LogP contribution in [-0.2, 0) is 11.2 Å². The van der Waals surface area contributed by atoms with Crippen LogP contribution in [0.3, 0.4) is 0 Å². The molecule has 3 unspecified atom stereocenters. The molecule has 1 saturated heterocycles. The highest BCUT2D eigenvalue weighted by atomic mass is 16.5. The van der Waals surface area contributed by atoms with Crippen LogP contribution in [0.1, 0.15) is 50.8 Å². The molecule has 0 aliphatic carbocycles. The van der Waals surface area contributed by atoms with Crippen LogP contribution in [0.5, 0.6) is 0 Å². The minimum absolute atomic E-state index is 0.340. The van der Waals surface area contributed by atoms with E-state index in [2.05, 4.69) is 50.4 Å². The third-order valence-electron chi connectivity index (χ3n) is 3.86. The molecule has 0 amide bonds. The third-order valence-corrected chi connectivity index (χ3v) is 3.86. The summed E-state index contributed by atoms with van der Waals surface area (Å²) in [6, 6.07) is 9.91. The van der Waals surface area contributed by atoms with Gasteiger partial charge >= 0.3 is 0 Å². The smallest absolute Gasteiger partial charge is 0.0700 e. The van der Waals surface area contributed by atoms with E-state index in [1.807, 2.05) is 0 Å². The van der Waals surface area contributed by atoms with Crippen LogP contribution in [0, 0.1) is 0 Å². The van der Waals surface area contributed by atoms with Crippen molar-refractivity contribution in [3.63, 3.8) is 0 Å². The number of nitrogens with one attached hydrogen (secondary N) is 1. The van der Waals surface area contributed by atoms with Gasteiger partial charge in [-0.25, -0.2) is 0 Å². The van der Waals surface area contributed by atoms with Crippen molar-refractivity contribution in [1.29, 1.82) is 0 Å². The average Bonchev–Trinajstić information content (AvgIpc) is 2.76. The highest BCUT2D eigenvalue weighted by Crippen LogP contribution is 2.19. The fourth-order valence-corrected chi connectivity index (χ4v) is 2.63. The lowest BCUT2D eigenvalue weighted by atomic mass is 10.0. The lowest BCUT2D eigenvalue weighted by Gasteiger charge is -2.22. The summed E-state index contributed by atoms with van der Waals surface area (Å²) in [4.78, 5) is 0. The number of rotatable bonds is 5. The normalized spacial score (nSPS) is 25.3. The standard InChI is InChI=1S/C16H25NO/c1-4-5-14-6-8-15(9-7-14)12(2)17-16-10-11-18-13(16)3/h6-9,12-13,16-17H,4-5,10-11H2,1-3H3. The summed E-state index contributed by atoms with van der Waals surface area (Å²) in [5, 5.41) is 3.67. The summed E-state index contributed by atoms with van der Waals surface area (Å²) >= 11 is 0. The van der Waals surface area contributed by atoms with Gasteiger partial charge in [0.15, 0.2) is 0 Å². The Hall–Kier alpha value is -0.860. The molecule has 100 valence electrons. The Morgan fingerprint density at radius 1 is 1.33 bits per heavy atom. The zero-order valence-electron chi connectivity index (χ0n) is 11.8. The molecule has 2 nitrogen and oxygen atoms in total. The van der Waals surface area contributed by atoms with Gasteiger partial charge in [-0.2, -0.15) is 0 Å². The van der Waals surface area contributed by atoms with E-state index in [0.29, 0.717) is 18.2 Å². The molecule has 1 heterocycles. The Bertz CT molecular complexity index is 360. The average molecular weight is 247 g/mol. The minimum atomic E-state index is 0.340. The van der Waals surface area contributed by atoms with Crippen molar-refractivity contribution in [3.8, 4) is 0 Å². The number of hydrogen-bond donors (Lipinski definition) is 1. The maximum atomic E-state index is 5.59. The summed E-state index contributed by atoms with van der Waals surface area (Å²) < 4.78 is 5.59. The van der Waals surface area contributed by atoms with Crippen molar-refractivity contribution in [2.45, 2.75) is 58.2 Å². The Morgan fingerprint density at radius 2 is 2.06 bits per heavy atom. The quantitative estimate of drug-likeness (QED) is 0.860. The first-order valence-electron chi connectivity index (χ1n) is 7.17. The molecular formula is C16H25NO. The second-order valence-electron chi connectivity index (χ2n) is 5.35. The van der Waals surface area contributed by atoms with Crippen LogP contribution >= 0.6 is 0 Å². The first-order chi connectivity index (χ1) is 8.70. The van der Waals surface area contributed by atoms with Crippen LogP contribution in [-0.4, -0.2) is 18.8 Å². The number of hydrogen-bond acceptors (Lipinski definition) is 2. The Labute approximate surface area is 111 Å². The number of aryl methyl sites for hydroxylation is 1. The van der Waals surface area contributed by atoms with Gasteiger partial charge in [0.2, 0.25) is 0 Å². The molecule has 0 aromatic heterocycles. The molecule has 1 aromatic carbocycles. The van der Waals surface area contributed by atoms with E-state index < -0.39 is 0 Å². The van der Waals surface area contributed by atoms with Crippen LogP contribution < -0.4 is 5.32 Å². The molecule has 2 heteroatoms. The Morgan fingerprint density at radius 3 is 2.61 bits per heavy atom. The number of ether oxygens (including phenoxy) is 1. The summed E-state index contributed by atoms with van der Waals surface area (Å²) in [7, 11) is 0. The topological polar surface area (TPSA) is 21.3 Å². The summed E-state index contributed by atoms with van der Waals surface area (Å²) in [5.74, 6) is 0. The van der Waals surface area contributed by atoms with Crippen LogP contribution in [0.4, 0.5) is 0 Å². The van der Waals surface area contributed by atoms with Crippen molar-refractivity contribution in [3.05, 3.63) is 35.4 Å². The van der Waals surface area contributed by atoms with E-state index >= 15 is 0 Å². The van der Waals surface area contributed by atoms with Gasteiger partial charge in [0.1, 0.15) is 0 Å². The third kappa shape index (κ3) is 3.33. The van der Waals surface area contributed by atoms with Gasteiger partial charge in [0, 0.05) is 18.7 Å². The van der Waals surface area contributed by atoms with Crippen molar-refractivity contribution < 1.29 is 4.74 Å². The first kappa shape index (κ1) is 13.6. The van der Waals surface area contributed by atoms with Crippen molar-refractivity contribution in [1.82, 2.24) is 5.32 Å². The number of benzene rings is 1. The van der Waals surface area contributed by atoms with Crippen LogP contribution in [0.25, 0.3) is 0 Å². The maximum Gasteiger partial charge on any atom is 0.0700 e. The zero-order valence-corrected chi connectivity index (χ0v) is 11.8. The van der Waals surface area contributed by atoms with Gasteiger partial charge in [-0.3, -0.25) is 0 Å². The fourth-order valence-electron chi connectivity index (χ4n) is 2.63. The predicted molar refractivity (Wildman–Crippen MR) is 75.8 cm³/mol. The van der Waals surface area contributed by atoms with Crippen molar-refractivity contribution in [2.24, 2.45) is 0 Å². The molecule has 1 N–H and O–H groups in total. The Kier molecular flexibility index (Phi) is 4.79. The van der Waals surface area contributed by atoms with Gasteiger partial charge in [-0.05, 0) is 37.8 Å². The van der Waals surface area contributed by atoms with E-state index in [0.717, 1.165) is 13.0 Å². The highest BCUT2D eigenvalue weighted by molar-refractivity contribution is 5.25. The van der Waals surface area contributed by atoms with Gasteiger partial charge in [0.25, 0.3) is 0 Å². The monoisotopic (exact) mass is 247 g/mol. The molecule has 0 saturated carbocycles. The van der Waals surface area contributed by atoms with E-state index in [-0.39, 0.29) is 0 Å². The minimum Gasteiger partial charge on any atom is -0.377 e. The fraction of sp³-hybridized carbons (Fsp3) is 0.625. The van der Waals surface area contributed by atoms with Crippen LogP contribution in [0.2, 0.25) is 0 Å². The van der Waals surface area contributed by atoms with Crippen molar-refractivity contribution >= 4 is 0 Å². The predicted octanol–water partition coefficient (Wildman–Crippen LogP) is 3.47. The SMILES string of the molecule is CCCc1ccc(C(C)NC2CCOC2C)cc1. The van der Waals surface area contributed by atoms with E-state index in [1.165, 1.54) is 24.0 Å². The maximum absolute atomic E-state index is 5.59. The summed E-state index contributed by atoms with van der Waals surface area (Å²) in [6.45, 7) is 7.50. The van der Waals surface area contributed by atoms with Crippen molar-refractivity contribution in [2.75, 3.05) is 6.61 Å². The Balaban J connectivity index is 1.93. The first-order valence-corrected chi connectivity index (χ1v) is 7.17. The van der Waals surface area contributed by atoms with Crippen LogP contribution in [0.15, 0.2) is 24.3 Å². The van der Waals surface area contributed by atoms with E-state index in [4.69, 9.17) is 4.74 Å². The van der Waals surface area contributed by atoms with Gasteiger partial charge < -0.3 is 10.1 Å². The molecule has 3 atom stereocenters. The molecule has 0 spiro atoms. The molecule has 0 radical (unpaired) electrons. The molecule has 1 aliphatic heterocycles. The molecule has 2 rings (SSSR count). The molecule has 1 fully saturated rings. The summed E-state index contributed by atoms with van der Waals surface area (Å²) in [5.41, 5.74) is 2.81. The lowest BCUT2D eigenvalue weighted by Crippen LogP contribution is -2.36. The van der Waals surface area contributed by atoms with Gasteiger partial charge in [-0.15, -0.1) is 0 Å². The molecule has 1 aromatic rings. The molecule has 1 aliphatic rings. The molecule has 18 heavy (non-hydrogen) atoms. The van der Waals surface area contributed by atoms with Gasteiger partial charge in [0.05, 0.1) is 6.10 Å². The summed E-state index contributed by atoms with van der Waals surface area (Å²) in [6.07, 6.45) is 3.85. The molecular weight excluding hydrogens is 222 g/mol. The second-order valence-corrected chi connectivity index (χ2v) is 5.35. The second kappa shape index (κ2) is 6.35. The largest absolute Gasteiger partial charge is 0.377 e. The van der Waals surface area contributed by atoms with Gasteiger partial charge in [-0.1, -0.05) is 37.6 Å². The van der Waals surface area contributed by atoms with E-state index in [9.17, 15) is 0 Å². The lowest BCUT2D eigenvalue weighted by molar-refractivity contribution is 0.111.